The summed E-state index contributed by atoms with van der Waals surface area (Å²) in [5.41, 5.74) is 3.38. The molecule has 0 fully saturated rings. The van der Waals surface area contributed by atoms with Crippen molar-refractivity contribution in [2.75, 3.05) is 19.4 Å². The molecule has 2 aromatic carbocycles. The minimum atomic E-state index is -0.547. The van der Waals surface area contributed by atoms with E-state index in [0.717, 1.165) is 29.9 Å². The Hall–Kier alpha value is -2.47. The van der Waals surface area contributed by atoms with Crippen molar-refractivity contribution in [3.8, 4) is 5.75 Å². The van der Waals surface area contributed by atoms with Gasteiger partial charge in [0.1, 0.15) is 11.8 Å². The number of carbonyl (C=O) groups is 2. The smallest absolute Gasteiger partial charge is 0.242 e. The number of amides is 2. The van der Waals surface area contributed by atoms with E-state index < -0.39 is 6.04 Å². The van der Waals surface area contributed by atoms with Crippen LogP contribution in [-0.2, 0) is 21.9 Å². The molecule has 0 unspecified atom stereocenters. The maximum absolute atomic E-state index is 13.1. The maximum Gasteiger partial charge on any atom is 0.242 e. The molecule has 0 saturated carbocycles. The summed E-state index contributed by atoms with van der Waals surface area (Å²) < 4.78 is 5.31. The Balaban J connectivity index is 2.08. The number of ether oxygens (including phenoxy) is 1. The molecule has 5 nitrogen and oxygen atoms in total. The first-order valence-electron chi connectivity index (χ1n) is 10.8. The van der Waals surface area contributed by atoms with Gasteiger partial charge in [0, 0.05) is 18.8 Å². The van der Waals surface area contributed by atoms with Gasteiger partial charge in [-0.1, -0.05) is 49.7 Å². The van der Waals surface area contributed by atoms with Crippen molar-refractivity contribution in [2.24, 2.45) is 0 Å². The van der Waals surface area contributed by atoms with Crippen molar-refractivity contribution in [1.29, 1.82) is 0 Å². The molecule has 1 atom stereocenters. The van der Waals surface area contributed by atoms with Gasteiger partial charge in [0.05, 0.1) is 12.9 Å². The molecule has 168 valence electrons. The van der Waals surface area contributed by atoms with E-state index in [0.29, 0.717) is 18.8 Å². The number of methoxy groups -OCH3 is 1. The number of aryl methyl sites for hydroxylation is 1. The largest absolute Gasteiger partial charge is 0.497 e. The number of unbranched alkanes of at least 4 members (excludes halogenated alkanes) is 1. The first-order valence-corrected chi connectivity index (χ1v) is 11.9. The van der Waals surface area contributed by atoms with Crippen molar-refractivity contribution in [1.82, 2.24) is 10.2 Å². The molecule has 0 heterocycles. The minimum Gasteiger partial charge on any atom is -0.497 e. The molecule has 31 heavy (non-hydrogen) atoms. The van der Waals surface area contributed by atoms with Gasteiger partial charge < -0.3 is 15.0 Å². The molecule has 0 aromatic heterocycles. The highest BCUT2D eigenvalue weighted by Crippen LogP contribution is 2.19. The van der Waals surface area contributed by atoms with E-state index in [-0.39, 0.29) is 11.8 Å². The second-order valence-electron chi connectivity index (χ2n) is 7.61. The van der Waals surface area contributed by atoms with Crippen molar-refractivity contribution < 1.29 is 14.3 Å². The van der Waals surface area contributed by atoms with Crippen LogP contribution >= 0.6 is 11.8 Å². The van der Waals surface area contributed by atoms with Crippen molar-refractivity contribution >= 4 is 23.6 Å². The number of hydrogen-bond acceptors (Lipinski definition) is 4. The maximum atomic E-state index is 13.1. The molecule has 2 amide bonds. The molecular weight excluding hydrogens is 408 g/mol. The molecule has 2 rings (SSSR count). The van der Waals surface area contributed by atoms with Crippen molar-refractivity contribution in [2.45, 2.75) is 52.0 Å². The van der Waals surface area contributed by atoms with Crippen molar-refractivity contribution in [3.05, 3.63) is 65.2 Å². The molecular formula is C25H34N2O3S. The zero-order valence-electron chi connectivity index (χ0n) is 19.0. The number of rotatable bonds is 12. The zero-order chi connectivity index (χ0) is 22.6. The van der Waals surface area contributed by atoms with E-state index >= 15 is 0 Å². The molecule has 0 aliphatic heterocycles. The third kappa shape index (κ3) is 7.94. The topological polar surface area (TPSA) is 58.6 Å². The fraction of sp³-hybridized carbons (Fsp3) is 0.440. The highest BCUT2D eigenvalue weighted by molar-refractivity contribution is 7.99. The standard InChI is InChI=1S/C25H34N2O3S/c1-5-6-14-26-25(29)20(3)27(16-21-11-9-13-23(15-21)30-4)24(28)18-31-17-22-12-8-7-10-19(22)2/h7-13,15,20H,5-6,14,16-18H2,1-4H3,(H,26,29)/t20-/m0/s1. The lowest BCUT2D eigenvalue weighted by molar-refractivity contribution is -0.138. The van der Waals surface area contributed by atoms with Gasteiger partial charge in [-0.3, -0.25) is 9.59 Å². The number of carbonyl (C=O) groups excluding carboxylic acids is 2. The number of benzene rings is 2. The van der Waals surface area contributed by atoms with E-state index in [2.05, 4.69) is 31.3 Å². The predicted molar refractivity (Wildman–Crippen MR) is 128 cm³/mol. The van der Waals surface area contributed by atoms with Crippen LogP contribution in [0.1, 0.15) is 43.4 Å². The molecule has 0 spiro atoms. The normalized spacial score (nSPS) is 11.6. The molecule has 2 aromatic rings. The Morgan fingerprint density at radius 1 is 1.16 bits per heavy atom. The summed E-state index contributed by atoms with van der Waals surface area (Å²) >= 11 is 1.58. The Labute approximate surface area is 190 Å². The Morgan fingerprint density at radius 2 is 1.94 bits per heavy atom. The van der Waals surface area contributed by atoms with E-state index in [4.69, 9.17) is 4.74 Å². The van der Waals surface area contributed by atoms with Crippen LogP contribution in [-0.4, -0.2) is 42.2 Å². The van der Waals surface area contributed by atoms with Crippen LogP contribution in [0.4, 0.5) is 0 Å². The summed E-state index contributed by atoms with van der Waals surface area (Å²) in [6.45, 7) is 6.95. The predicted octanol–water partition coefficient (Wildman–Crippen LogP) is 4.57. The minimum absolute atomic E-state index is 0.0421. The zero-order valence-corrected chi connectivity index (χ0v) is 19.8. The molecule has 0 aliphatic carbocycles. The quantitative estimate of drug-likeness (QED) is 0.489. The summed E-state index contributed by atoms with van der Waals surface area (Å²) in [5.74, 6) is 1.67. The fourth-order valence-electron chi connectivity index (χ4n) is 3.19. The highest BCUT2D eigenvalue weighted by Gasteiger charge is 2.26. The molecule has 0 radical (unpaired) electrons. The van der Waals surface area contributed by atoms with Gasteiger partial charge in [0.15, 0.2) is 0 Å². The van der Waals surface area contributed by atoms with Gasteiger partial charge in [0.2, 0.25) is 11.8 Å². The Morgan fingerprint density at radius 3 is 2.65 bits per heavy atom. The van der Waals surface area contributed by atoms with Gasteiger partial charge in [-0.2, -0.15) is 0 Å². The summed E-state index contributed by atoms with van der Waals surface area (Å²) in [6.07, 6.45) is 1.94. The number of hydrogen-bond donors (Lipinski definition) is 1. The van der Waals surface area contributed by atoms with Crippen LogP contribution in [0.15, 0.2) is 48.5 Å². The fourth-order valence-corrected chi connectivity index (χ4v) is 4.18. The lowest BCUT2D eigenvalue weighted by Gasteiger charge is -2.29. The van der Waals surface area contributed by atoms with E-state index in [1.807, 2.05) is 36.4 Å². The SMILES string of the molecule is CCCCNC(=O)[C@H](C)N(Cc1cccc(OC)c1)C(=O)CSCc1ccccc1C. The average molecular weight is 443 g/mol. The molecule has 0 saturated heterocycles. The van der Waals surface area contributed by atoms with Crippen LogP contribution in [0.2, 0.25) is 0 Å². The molecule has 1 N–H and O–H groups in total. The van der Waals surface area contributed by atoms with Crippen LogP contribution < -0.4 is 10.1 Å². The Bertz CT molecular complexity index is 856. The van der Waals surface area contributed by atoms with E-state index in [9.17, 15) is 9.59 Å². The first kappa shape index (κ1) is 24.8. The number of nitrogens with one attached hydrogen (secondary N) is 1. The van der Waals surface area contributed by atoms with Gasteiger partial charge in [-0.05, 0) is 49.1 Å². The van der Waals surface area contributed by atoms with Crippen LogP contribution in [0.5, 0.6) is 5.75 Å². The van der Waals surface area contributed by atoms with Crippen molar-refractivity contribution in [3.63, 3.8) is 0 Å². The first-order chi connectivity index (χ1) is 15.0. The highest BCUT2D eigenvalue weighted by atomic mass is 32.2. The average Bonchev–Trinajstić information content (AvgIpc) is 2.78. The summed E-state index contributed by atoms with van der Waals surface area (Å²) in [7, 11) is 1.62. The van der Waals surface area contributed by atoms with Crippen LogP contribution in [0.3, 0.4) is 0 Å². The van der Waals surface area contributed by atoms with Gasteiger partial charge in [-0.25, -0.2) is 0 Å². The molecule has 0 aliphatic rings. The van der Waals surface area contributed by atoms with Gasteiger partial charge in [0.25, 0.3) is 0 Å². The number of nitrogens with zero attached hydrogens (tertiary/aromatic N) is 1. The summed E-state index contributed by atoms with van der Waals surface area (Å²) in [5, 5.41) is 2.95. The van der Waals surface area contributed by atoms with Gasteiger partial charge in [-0.15, -0.1) is 11.8 Å². The van der Waals surface area contributed by atoms with Gasteiger partial charge >= 0.3 is 0 Å². The summed E-state index contributed by atoms with van der Waals surface area (Å²) in [4.78, 5) is 27.5. The third-order valence-electron chi connectivity index (χ3n) is 5.23. The lowest BCUT2D eigenvalue weighted by Crippen LogP contribution is -2.48. The second-order valence-corrected chi connectivity index (χ2v) is 8.60. The number of thioether (sulfide) groups is 1. The lowest BCUT2D eigenvalue weighted by atomic mass is 10.1. The second kappa shape index (κ2) is 13.1. The Kier molecular flexibility index (Phi) is 10.4. The van der Waals surface area contributed by atoms with E-state index in [1.54, 1.807) is 30.7 Å². The third-order valence-corrected chi connectivity index (χ3v) is 6.19. The van der Waals surface area contributed by atoms with Crippen LogP contribution in [0, 0.1) is 6.92 Å². The molecule has 6 heteroatoms. The van der Waals surface area contributed by atoms with Crippen LogP contribution in [0.25, 0.3) is 0 Å². The summed E-state index contributed by atoms with van der Waals surface area (Å²) in [6, 6.07) is 15.3. The monoisotopic (exact) mass is 442 g/mol. The van der Waals surface area contributed by atoms with E-state index in [1.165, 1.54) is 11.1 Å². The molecule has 0 bridgehead atoms.